The first kappa shape index (κ1) is 13.6. The number of aryl methyl sites for hydroxylation is 1. The fourth-order valence-electron chi connectivity index (χ4n) is 2.44. The molecular formula is C14H18BrNO2. The molecule has 0 bridgehead atoms. The van der Waals surface area contributed by atoms with Crippen LogP contribution in [0.4, 0.5) is 0 Å². The van der Waals surface area contributed by atoms with E-state index in [0.717, 1.165) is 11.0 Å². The number of halogens is 1. The van der Waals surface area contributed by atoms with Crippen LogP contribution in [0.1, 0.15) is 24.0 Å². The van der Waals surface area contributed by atoms with Crippen LogP contribution in [0.3, 0.4) is 0 Å². The van der Waals surface area contributed by atoms with E-state index in [4.69, 9.17) is 4.74 Å². The van der Waals surface area contributed by atoms with Crippen molar-refractivity contribution in [3.05, 3.63) is 33.8 Å². The van der Waals surface area contributed by atoms with Crippen LogP contribution in [0.5, 0.6) is 0 Å². The lowest BCUT2D eigenvalue weighted by Crippen LogP contribution is -2.24. The molecule has 0 saturated carbocycles. The van der Waals surface area contributed by atoms with Crippen molar-refractivity contribution in [3.63, 3.8) is 0 Å². The molecule has 0 amide bonds. The van der Waals surface area contributed by atoms with Gasteiger partial charge in [0.2, 0.25) is 0 Å². The van der Waals surface area contributed by atoms with Crippen molar-refractivity contribution in [1.29, 1.82) is 0 Å². The highest BCUT2D eigenvalue weighted by Gasteiger charge is 2.35. The zero-order chi connectivity index (χ0) is 13.1. The molecule has 0 aromatic heterocycles. The van der Waals surface area contributed by atoms with E-state index in [-0.39, 0.29) is 17.8 Å². The van der Waals surface area contributed by atoms with E-state index in [2.05, 4.69) is 46.4 Å². The first-order valence-corrected chi connectivity index (χ1v) is 7.06. The number of carbonyl (C=O) groups excluding carboxylic acids is 1. The standard InChI is InChI=1S/C14H18BrNO2/c1-3-18-14(17)12-8-16-7-11(12)10-5-4-9(2)6-13(10)15/h4-6,11-12,16H,3,7-8H2,1-2H3/t11-,12+/m0/s1. The second kappa shape index (κ2) is 5.85. The lowest BCUT2D eigenvalue weighted by molar-refractivity contribution is -0.147. The van der Waals surface area contributed by atoms with Gasteiger partial charge in [-0.25, -0.2) is 0 Å². The maximum absolute atomic E-state index is 11.9. The molecule has 1 aromatic carbocycles. The number of rotatable bonds is 3. The van der Waals surface area contributed by atoms with Gasteiger partial charge in [0.25, 0.3) is 0 Å². The predicted octanol–water partition coefficient (Wildman–Crippen LogP) is 2.62. The molecule has 0 unspecified atom stereocenters. The van der Waals surface area contributed by atoms with E-state index in [1.165, 1.54) is 11.1 Å². The Balaban J connectivity index is 2.23. The summed E-state index contributed by atoms with van der Waals surface area (Å²) in [5.41, 5.74) is 2.40. The fourth-order valence-corrected chi connectivity index (χ4v) is 3.22. The second-order valence-electron chi connectivity index (χ2n) is 4.65. The van der Waals surface area contributed by atoms with Crippen LogP contribution >= 0.6 is 15.9 Å². The van der Waals surface area contributed by atoms with Crippen LogP contribution < -0.4 is 5.32 Å². The van der Waals surface area contributed by atoms with Crippen molar-refractivity contribution in [3.8, 4) is 0 Å². The van der Waals surface area contributed by atoms with Gasteiger partial charge >= 0.3 is 5.97 Å². The van der Waals surface area contributed by atoms with Gasteiger partial charge in [0.05, 0.1) is 12.5 Å². The molecule has 1 N–H and O–H groups in total. The molecule has 1 aliphatic heterocycles. The topological polar surface area (TPSA) is 38.3 Å². The van der Waals surface area contributed by atoms with Crippen molar-refractivity contribution in [1.82, 2.24) is 5.32 Å². The molecular weight excluding hydrogens is 294 g/mol. The summed E-state index contributed by atoms with van der Waals surface area (Å²) < 4.78 is 6.22. The quantitative estimate of drug-likeness (QED) is 0.872. The van der Waals surface area contributed by atoms with Crippen LogP contribution in [-0.2, 0) is 9.53 Å². The van der Waals surface area contributed by atoms with Gasteiger partial charge in [-0.15, -0.1) is 0 Å². The smallest absolute Gasteiger partial charge is 0.310 e. The number of hydrogen-bond donors (Lipinski definition) is 1. The summed E-state index contributed by atoms with van der Waals surface area (Å²) in [6.07, 6.45) is 0. The third kappa shape index (κ3) is 2.75. The summed E-state index contributed by atoms with van der Waals surface area (Å²) in [6.45, 7) is 5.87. The fraction of sp³-hybridized carbons (Fsp3) is 0.500. The Morgan fingerprint density at radius 3 is 2.94 bits per heavy atom. The zero-order valence-corrected chi connectivity index (χ0v) is 12.3. The highest BCUT2D eigenvalue weighted by molar-refractivity contribution is 9.10. The van der Waals surface area contributed by atoms with Crippen LogP contribution in [0.25, 0.3) is 0 Å². The molecule has 2 atom stereocenters. The third-order valence-electron chi connectivity index (χ3n) is 3.36. The van der Waals surface area contributed by atoms with Crippen LogP contribution in [0.2, 0.25) is 0 Å². The average molecular weight is 312 g/mol. The molecule has 1 aromatic rings. The summed E-state index contributed by atoms with van der Waals surface area (Å²) in [5, 5.41) is 3.28. The van der Waals surface area contributed by atoms with Gasteiger partial charge in [-0.1, -0.05) is 28.1 Å². The van der Waals surface area contributed by atoms with Crippen molar-refractivity contribution in [2.75, 3.05) is 19.7 Å². The van der Waals surface area contributed by atoms with E-state index in [0.29, 0.717) is 13.2 Å². The molecule has 0 aliphatic carbocycles. The Kier molecular flexibility index (Phi) is 4.40. The molecule has 1 saturated heterocycles. The van der Waals surface area contributed by atoms with Crippen LogP contribution in [-0.4, -0.2) is 25.7 Å². The minimum atomic E-state index is -0.0972. The maximum Gasteiger partial charge on any atom is 0.310 e. The van der Waals surface area contributed by atoms with Gasteiger partial charge in [-0.2, -0.15) is 0 Å². The second-order valence-corrected chi connectivity index (χ2v) is 5.50. The summed E-state index contributed by atoms with van der Waals surface area (Å²) in [5.74, 6) is 0.0166. The Labute approximate surface area is 116 Å². The third-order valence-corrected chi connectivity index (χ3v) is 4.05. The molecule has 98 valence electrons. The van der Waals surface area contributed by atoms with Gasteiger partial charge in [0.1, 0.15) is 0 Å². The van der Waals surface area contributed by atoms with E-state index in [1.807, 2.05) is 6.92 Å². The normalized spacial score (nSPS) is 23.1. The summed E-state index contributed by atoms with van der Waals surface area (Å²) in [4.78, 5) is 11.9. The number of esters is 1. The van der Waals surface area contributed by atoms with Crippen molar-refractivity contribution < 1.29 is 9.53 Å². The first-order valence-electron chi connectivity index (χ1n) is 6.27. The van der Waals surface area contributed by atoms with E-state index in [1.54, 1.807) is 0 Å². The predicted molar refractivity (Wildman–Crippen MR) is 74.6 cm³/mol. The minimum absolute atomic E-state index is 0.0797. The first-order chi connectivity index (χ1) is 8.63. The molecule has 1 heterocycles. The number of nitrogens with one attached hydrogen (secondary N) is 1. The van der Waals surface area contributed by atoms with Crippen molar-refractivity contribution in [2.45, 2.75) is 19.8 Å². The lowest BCUT2D eigenvalue weighted by atomic mass is 9.88. The molecule has 0 spiro atoms. The molecule has 1 aliphatic rings. The van der Waals surface area contributed by atoms with Gasteiger partial charge in [-0.05, 0) is 31.0 Å². The van der Waals surface area contributed by atoms with Crippen molar-refractivity contribution >= 4 is 21.9 Å². The molecule has 1 fully saturated rings. The van der Waals surface area contributed by atoms with Gasteiger partial charge in [-0.3, -0.25) is 4.79 Å². The summed E-state index contributed by atoms with van der Waals surface area (Å²) in [6, 6.07) is 6.28. The largest absolute Gasteiger partial charge is 0.466 e. The maximum atomic E-state index is 11.9. The molecule has 3 nitrogen and oxygen atoms in total. The summed E-state index contributed by atoms with van der Waals surface area (Å²) >= 11 is 3.59. The minimum Gasteiger partial charge on any atom is -0.466 e. The zero-order valence-electron chi connectivity index (χ0n) is 10.7. The van der Waals surface area contributed by atoms with Crippen LogP contribution in [0.15, 0.2) is 22.7 Å². The molecule has 4 heteroatoms. The summed E-state index contributed by atoms with van der Waals surface area (Å²) in [7, 11) is 0. The monoisotopic (exact) mass is 311 g/mol. The molecule has 0 radical (unpaired) electrons. The average Bonchev–Trinajstić information content (AvgIpc) is 2.78. The number of carbonyl (C=O) groups is 1. The van der Waals surface area contributed by atoms with Gasteiger partial charge in [0.15, 0.2) is 0 Å². The number of hydrogen-bond acceptors (Lipinski definition) is 3. The van der Waals surface area contributed by atoms with Crippen molar-refractivity contribution in [2.24, 2.45) is 5.92 Å². The SMILES string of the molecule is CCOC(=O)[C@@H]1CNC[C@H]1c1ccc(C)cc1Br. The van der Waals surface area contributed by atoms with Gasteiger partial charge < -0.3 is 10.1 Å². The number of ether oxygens (including phenoxy) is 1. The van der Waals surface area contributed by atoms with E-state index < -0.39 is 0 Å². The lowest BCUT2D eigenvalue weighted by Gasteiger charge is -2.19. The highest BCUT2D eigenvalue weighted by atomic mass is 79.9. The van der Waals surface area contributed by atoms with E-state index in [9.17, 15) is 4.79 Å². The van der Waals surface area contributed by atoms with E-state index >= 15 is 0 Å². The highest BCUT2D eigenvalue weighted by Crippen LogP contribution is 2.34. The molecule has 2 rings (SSSR count). The number of benzene rings is 1. The Morgan fingerprint density at radius 2 is 2.28 bits per heavy atom. The Hall–Kier alpha value is -0.870. The van der Waals surface area contributed by atoms with Crippen LogP contribution in [0, 0.1) is 12.8 Å². The van der Waals surface area contributed by atoms with Gasteiger partial charge in [0, 0.05) is 23.5 Å². The Bertz CT molecular complexity index is 447. The molecule has 18 heavy (non-hydrogen) atoms. The Morgan fingerprint density at radius 1 is 1.50 bits per heavy atom.